The molecule has 0 fully saturated rings. The van der Waals surface area contributed by atoms with Crippen LogP contribution in [0.4, 0.5) is 0 Å². The van der Waals surface area contributed by atoms with E-state index < -0.39 is 0 Å². The minimum Gasteiger partial charge on any atom is -0.176 e. The normalized spacial score (nSPS) is 17.1. The smallest absolute Gasteiger partial charge is 0.00114 e. The van der Waals surface area contributed by atoms with Gasteiger partial charge in [0.25, 0.3) is 0 Å². The lowest BCUT2D eigenvalue weighted by Gasteiger charge is -2.07. The fourth-order valence-electron chi connectivity index (χ4n) is 0.969. The van der Waals surface area contributed by atoms with Crippen molar-refractivity contribution in [3.05, 3.63) is 12.2 Å². The molecular weight excluding hydrogens is 152 g/mol. The molecule has 0 heterocycles. The maximum atomic E-state index is 4.34. The van der Waals surface area contributed by atoms with Crippen molar-refractivity contribution < 1.29 is 0 Å². The average molecular weight is 172 g/mol. The van der Waals surface area contributed by atoms with E-state index in [2.05, 4.69) is 45.6 Å². The summed E-state index contributed by atoms with van der Waals surface area (Å²) in [7, 11) is 0. The van der Waals surface area contributed by atoms with Crippen LogP contribution < -0.4 is 0 Å². The van der Waals surface area contributed by atoms with Crippen molar-refractivity contribution >= 4 is 12.6 Å². The van der Waals surface area contributed by atoms with E-state index in [0.29, 0.717) is 5.25 Å². The van der Waals surface area contributed by atoms with Crippen molar-refractivity contribution in [1.29, 1.82) is 0 Å². The van der Waals surface area contributed by atoms with Gasteiger partial charge in [0.15, 0.2) is 0 Å². The third-order valence-corrected chi connectivity index (χ3v) is 2.00. The Morgan fingerprint density at radius 3 is 2.36 bits per heavy atom. The van der Waals surface area contributed by atoms with Crippen molar-refractivity contribution in [3.8, 4) is 0 Å². The van der Waals surface area contributed by atoms with Crippen molar-refractivity contribution in [1.82, 2.24) is 0 Å². The molecule has 0 aromatic rings. The van der Waals surface area contributed by atoms with E-state index in [0.717, 1.165) is 12.3 Å². The van der Waals surface area contributed by atoms with Crippen LogP contribution in [0, 0.1) is 5.92 Å². The van der Waals surface area contributed by atoms with Crippen LogP contribution in [0.5, 0.6) is 0 Å². The molecule has 2 atom stereocenters. The standard InChI is InChI=1S/C10H20S/c1-4-5-6-9(2)7-8-10(3)11/h5-6,9-11H,4,7-8H2,1-3H3/b6-5+/t9-,10-/m0/s1. The Morgan fingerprint density at radius 2 is 1.91 bits per heavy atom. The lowest BCUT2D eigenvalue weighted by Crippen LogP contribution is -1.96. The van der Waals surface area contributed by atoms with Gasteiger partial charge in [-0.2, -0.15) is 12.6 Å². The van der Waals surface area contributed by atoms with E-state index in [1.165, 1.54) is 12.8 Å². The fraction of sp³-hybridized carbons (Fsp3) is 0.800. The van der Waals surface area contributed by atoms with Gasteiger partial charge in [0.2, 0.25) is 0 Å². The summed E-state index contributed by atoms with van der Waals surface area (Å²) in [5.41, 5.74) is 0. The van der Waals surface area contributed by atoms with Crippen LogP contribution in [-0.2, 0) is 0 Å². The third-order valence-electron chi connectivity index (χ3n) is 1.74. The average Bonchev–Trinajstić information content (AvgIpc) is 1.97. The Kier molecular flexibility index (Phi) is 6.83. The second kappa shape index (κ2) is 6.78. The summed E-state index contributed by atoms with van der Waals surface area (Å²) in [6, 6.07) is 0. The molecule has 66 valence electrons. The molecule has 0 aliphatic heterocycles. The summed E-state index contributed by atoms with van der Waals surface area (Å²) in [4.78, 5) is 0. The summed E-state index contributed by atoms with van der Waals surface area (Å²) in [6.45, 7) is 6.59. The molecule has 0 N–H and O–H groups in total. The molecule has 0 aromatic carbocycles. The van der Waals surface area contributed by atoms with Gasteiger partial charge >= 0.3 is 0 Å². The van der Waals surface area contributed by atoms with Crippen LogP contribution in [0.1, 0.15) is 40.0 Å². The molecule has 0 saturated carbocycles. The van der Waals surface area contributed by atoms with Crippen molar-refractivity contribution in [2.75, 3.05) is 0 Å². The van der Waals surface area contributed by atoms with Crippen LogP contribution in [0.3, 0.4) is 0 Å². The first-order chi connectivity index (χ1) is 5.16. The Hall–Kier alpha value is 0.0900. The Balaban J connectivity index is 3.36. The molecule has 0 amide bonds. The number of hydrogen-bond acceptors (Lipinski definition) is 1. The molecule has 0 nitrogen and oxygen atoms in total. The van der Waals surface area contributed by atoms with Gasteiger partial charge < -0.3 is 0 Å². The van der Waals surface area contributed by atoms with Gasteiger partial charge in [-0.3, -0.25) is 0 Å². The first-order valence-corrected chi connectivity index (χ1v) is 5.03. The molecule has 1 heteroatoms. The highest BCUT2D eigenvalue weighted by Gasteiger charge is 1.99. The van der Waals surface area contributed by atoms with Gasteiger partial charge in [-0.1, -0.05) is 32.9 Å². The second-order valence-electron chi connectivity index (χ2n) is 3.24. The molecule has 0 unspecified atom stereocenters. The van der Waals surface area contributed by atoms with E-state index in [-0.39, 0.29) is 0 Å². The predicted molar refractivity (Wildman–Crippen MR) is 56.3 cm³/mol. The zero-order valence-electron chi connectivity index (χ0n) is 7.88. The largest absolute Gasteiger partial charge is 0.176 e. The summed E-state index contributed by atoms with van der Waals surface area (Å²) < 4.78 is 0. The molecule has 0 spiro atoms. The maximum Gasteiger partial charge on any atom is -0.00114 e. The summed E-state index contributed by atoms with van der Waals surface area (Å²) in [5.74, 6) is 0.726. The number of hydrogen-bond donors (Lipinski definition) is 1. The lowest BCUT2D eigenvalue weighted by atomic mass is 10.0. The highest BCUT2D eigenvalue weighted by Crippen LogP contribution is 2.12. The zero-order chi connectivity index (χ0) is 8.69. The van der Waals surface area contributed by atoms with E-state index in [9.17, 15) is 0 Å². The van der Waals surface area contributed by atoms with Crippen LogP contribution in [0.2, 0.25) is 0 Å². The number of allylic oxidation sites excluding steroid dienone is 2. The Morgan fingerprint density at radius 1 is 1.27 bits per heavy atom. The van der Waals surface area contributed by atoms with Crippen molar-refractivity contribution in [3.63, 3.8) is 0 Å². The molecule has 0 bridgehead atoms. The van der Waals surface area contributed by atoms with Gasteiger partial charge in [0.1, 0.15) is 0 Å². The molecular formula is C10H20S. The lowest BCUT2D eigenvalue weighted by molar-refractivity contribution is 0.605. The third kappa shape index (κ3) is 7.99. The van der Waals surface area contributed by atoms with Crippen LogP contribution in [-0.4, -0.2) is 5.25 Å². The van der Waals surface area contributed by atoms with Gasteiger partial charge in [-0.15, -0.1) is 0 Å². The number of rotatable bonds is 5. The van der Waals surface area contributed by atoms with E-state index in [1.54, 1.807) is 0 Å². The van der Waals surface area contributed by atoms with Gasteiger partial charge in [0.05, 0.1) is 0 Å². The van der Waals surface area contributed by atoms with Gasteiger partial charge in [-0.25, -0.2) is 0 Å². The molecule has 11 heavy (non-hydrogen) atoms. The minimum atomic E-state index is 0.549. The highest BCUT2D eigenvalue weighted by atomic mass is 32.1. The predicted octanol–water partition coefficient (Wildman–Crippen LogP) is 3.69. The minimum absolute atomic E-state index is 0.549. The van der Waals surface area contributed by atoms with Gasteiger partial charge in [-0.05, 0) is 30.4 Å². The first kappa shape index (κ1) is 11.1. The zero-order valence-corrected chi connectivity index (χ0v) is 8.77. The second-order valence-corrected chi connectivity index (χ2v) is 4.12. The molecule has 0 aliphatic rings. The fourth-order valence-corrected chi connectivity index (χ4v) is 1.12. The highest BCUT2D eigenvalue weighted by molar-refractivity contribution is 7.80. The quantitative estimate of drug-likeness (QED) is 0.474. The van der Waals surface area contributed by atoms with E-state index in [1.807, 2.05) is 0 Å². The summed E-state index contributed by atoms with van der Waals surface area (Å²) in [6.07, 6.45) is 8.18. The Bertz CT molecular complexity index is 105. The van der Waals surface area contributed by atoms with Crippen LogP contribution >= 0.6 is 12.6 Å². The first-order valence-electron chi connectivity index (χ1n) is 4.51. The molecule has 0 rings (SSSR count). The van der Waals surface area contributed by atoms with Crippen LogP contribution in [0.15, 0.2) is 12.2 Å². The molecule has 0 aromatic heterocycles. The topological polar surface area (TPSA) is 0 Å². The van der Waals surface area contributed by atoms with Crippen LogP contribution in [0.25, 0.3) is 0 Å². The van der Waals surface area contributed by atoms with E-state index >= 15 is 0 Å². The molecule has 0 aliphatic carbocycles. The van der Waals surface area contributed by atoms with Gasteiger partial charge in [0, 0.05) is 0 Å². The molecule has 0 radical (unpaired) electrons. The molecule has 0 saturated heterocycles. The van der Waals surface area contributed by atoms with Crippen molar-refractivity contribution in [2.45, 2.75) is 45.3 Å². The number of thiol groups is 1. The van der Waals surface area contributed by atoms with Crippen molar-refractivity contribution in [2.24, 2.45) is 5.92 Å². The van der Waals surface area contributed by atoms with E-state index in [4.69, 9.17) is 0 Å². The Labute approximate surface area is 76.5 Å². The summed E-state index contributed by atoms with van der Waals surface area (Å²) >= 11 is 4.34. The SMILES string of the molecule is CC/C=C/[C@H](C)CC[C@H](C)S. The maximum absolute atomic E-state index is 4.34. The summed E-state index contributed by atoms with van der Waals surface area (Å²) in [5, 5.41) is 0.549. The monoisotopic (exact) mass is 172 g/mol.